The summed E-state index contributed by atoms with van der Waals surface area (Å²) in [5.74, 6) is -0.912. The fourth-order valence-corrected chi connectivity index (χ4v) is 3.64. The maximum absolute atomic E-state index is 12.6. The number of ketones is 1. The van der Waals surface area contributed by atoms with E-state index in [2.05, 4.69) is 13.8 Å². The molecule has 2 rings (SSSR count). The predicted octanol–water partition coefficient (Wildman–Crippen LogP) is 4.63. The summed E-state index contributed by atoms with van der Waals surface area (Å²) >= 11 is 17.5. The van der Waals surface area contributed by atoms with Gasteiger partial charge in [-0.25, -0.2) is 0 Å². The summed E-state index contributed by atoms with van der Waals surface area (Å²) in [6.45, 7) is 9.74. The molecular weight excluding hydrogens is 403 g/mol. The summed E-state index contributed by atoms with van der Waals surface area (Å²) in [6, 6.07) is 0. The van der Waals surface area contributed by atoms with Crippen LogP contribution in [0.5, 0.6) is 0 Å². The van der Waals surface area contributed by atoms with Crippen LogP contribution in [0.25, 0.3) is 0 Å². The van der Waals surface area contributed by atoms with Gasteiger partial charge in [0.1, 0.15) is 0 Å². The van der Waals surface area contributed by atoms with Crippen molar-refractivity contribution >= 4 is 40.6 Å². The Hall–Kier alpha value is -0.0400. The normalized spacial score (nSPS) is 29.8. The number of carbonyl (C=O) groups is 1. The van der Waals surface area contributed by atoms with Gasteiger partial charge in [-0.15, -0.1) is 0 Å². The van der Waals surface area contributed by atoms with E-state index in [0.29, 0.717) is 31.8 Å². The Bertz CT molecular complexity index is 519. The van der Waals surface area contributed by atoms with Crippen LogP contribution in [0.15, 0.2) is 11.8 Å². The number of Topliss-reactive ketones (excluding diaryl/α,β-unsaturated/α-hetero) is 1. The molecule has 150 valence electrons. The van der Waals surface area contributed by atoms with E-state index in [-0.39, 0.29) is 17.3 Å². The zero-order valence-electron chi connectivity index (χ0n) is 15.6. The minimum atomic E-state index is -2.04. The van der Waals surface area contributed by atoms with Crippen molar-refractivity contribution in [3.05, 3.63) is 11.8 Å². The van der Waals surface area contributed by atoms with E-state index in [4.69, 9.17) is 53.8 Å². The molecule has 1 fully saturated rings. The third kappa shape index (κ3) is 5.49. The lowest BCUT2D eigenvalue weighted by Gasteiger charge is -2.41. The van der Waals surface area contributed by atoms with Crippen LogP contribution in [0, 0.1) is 17.3 Å². The molecule has 0 bridgehead atoms. The minimum Gasteiger partial charge on any atom is -0.472 e. The molecule has 8 heteroatoms. The van der Waals surface area contributed by atoms with Gasteiger partial charge in [-0.05, 0) is 13.3 Å². The lowest BCUT2D eigenvalue weighted by Crippen LogP contribution is -2.44. The second kappa shape index (κ2) is 8.97. The fourth-order valence-electron chi connectivity index (χ4n) is 3.31. The zero-order chi connectivity index (χ0) is 19.5. The topological polar surface area (TPSA) is 54.0 Å². The molecule has 0 aromatic rings. The summed E-state index contributed by atoms with van der Waals surface area (Å²) in [5.41, 5.74) is 0.306. The van der Waals surface area contributed by atoms with Crippen molar-refractivity contribution in [1.82, 2.24) is 0 Å². The molecule has 0 saturated carbocycles. The van der Waals surface area contributed by atoms with Crippen LogP contribution in [0.1, 0.15) is 40.5 Å². The molecule has 0 unspecified atom stereocenters. The first-order chi connectivity index (χ1) is 12.1. The predicted molar refractivity (Wildman–Crippen MR) is 101 cm³/mol. The monoisotopic (exact) mass is 428 g/mol. The fraction of sp³-hybridized carbons (Fsp3) is 0.833. The summed E-state index contributed by atoms with van der Waals surface area (Å²) < 4.78 is 21.0. The first kappa shape index (κ1) is 22.3. The number of halogens is 3. The molecule has 1 saturated heterocycles. The van der Waals surface area contributed by atoms with Gasteiger partial charge in [-0.3, -0.25) is 4.79 Å². The molecule has 0 aromatic carbocycles. The van der Waals surface area contributed by atoms with Crippen molar-refractivity contribution in [2.24, 2.45) is 17.3 Å². The molecule has 3 atom stereocenters. The lowest BCUT2D eigenvalue weighted by atomic mass is 9.78. The Morgan fingerprint density at radius 3 is 2.38 bits per heavy atom. The Morgan fingerprint density at radius 1 is 1.27 bits per heavy atom. The molecule has 2 heterocycles. The first-order valence-electron chi connectivity index (χ1n) is 8.91. The van der Waals surface area contributed by atoms with Gasteiger partial charge in [0.25, 0.3) is 3.79 Å². The van der Waals surface area contributed by atoms with Crippen molar-refractivity contribution in [3.63, 3.8) is 0 Å². The second-order valence-corrected chi connectivity index (χ2v) is 9.77. The summed E-state index contributed by atoms with van der Waals surface area (Å²) in [7, 11) is 0. The third-order valence-electron chi connectivity index (χ3n) is 4.68. The van der Waals surface area contributed by atoms with Crippen LogP contribution in [0.3, 0.4) is 0 Å². The molecule has 5 nitrogen and oxygen atoms in total. The van der Waals surface area contributed by atoms with Crippen LogP contribution in [0.2, 0.25) is 0 Å². The van der Waals surface area contributed by atoms with E-state index in [0.717, 1.165) is 6.42 Å². The summed E-state index contributed by atoms with van der Waals surface area (Å²) in [4.78, 5) is 12.6. The largest absolute Gasteiger partial charge is 0.472 e. The molecule has 2 aliphatic heterocycles. The van der Waals surface area contributed by atoms with Crippen molar-refractivity contribution in [2.75, 3.05) is 19.8 Å². The standard InChI is InChI=1S/C18H27Cl3O5/c1-5-11-12(7-14-25-9-17(3,4)10-26-14)13(15(22)18(19,20)21)8-24-16(11)23-6-2/h8,11-12,14,16H,5-7,9-10H2,1-4H3/t11-,12+,16+/m0/s1. The van der Waals surface area contributed by atoms with Gasteiger partial charge in [-0.2, -0.15) is 0 Å². The first-order valence-corrected chi connectivity index (χ1v) is 10.0. The molecule has 0 amide bonds. The number of rotatable bonds is 6. The highest BCUT2D eigenvalue weighted by Gasteiger charge is 2.45. The maximum Gasteiger partial charge on any atom is 0.253 e. The lowest BCUT2D eigenvalue weighted by molar-refractivity contribution is -0.234. The van der Waals surface area contributed by atoms with E-state index >= 15 is 0 Å². The molecule has 0 N–H and O–H groups in total. The minimum absolute atomic E-state index is 0.0315. The second-order valence-electron chi connectivity index (χ2n) is 7.49. The number of alkyl halides is 3. The maximum atomic E-state index is 12.6. The molecule has 0 aliphatic carbocycles. The van der Waals surface area contributed by atoms with Gasteiger partial charge in [-0.1, -0.05) is 55.6 Å². The molecule has 26 heavy (non-hydrogen) atoms. The van der Waals surface area contributed by atoms with Gasteiger partial charge in [0.15, 0.2) is 6.29 Å². The van der Waals surface area contributed by atoms with Crippen LogP contribution in [0.4, 0.5) is 0 Å². The van der Waals surface area contributed by atoms with E-state index in [1.807, 2.05) is 13.8 Å². The van der Waals surface area contributed by atoms with Crippen molar-refractivity contribution < 1.29 is 23.7 Å². The van der Waals surface area contributed by atoms with Gasteiger partial charge in [0.05, 0.1) is 19.5 Å². The van der Waals surface area contributed by atoms with E-state index in [9.17, 15) is 4.79 Å². The Balaban J connectivity index is 2.23. The summed E-state index contributed by atoms with van der Waals surface area (Å²) in [5, 5.41) is 0. The number of ether oxygens (including phenoxy) is 4. The quantitative estimate of drug-likeness (QED) is 0.576. The molecular formula is C18H27Cl3O5. The summed E-state index contributed by atoms with van der Waals surface area (Å²) in [6.07, 6.45) is 1.70. The highest BCUT2D eigenvalue weighted by Crippen LogP contribution is 2.42. The van der Waals surface area contributed by atoms with Crippen molar-refractivity contribution in [1.29, 1.82) is 0 Å². The van der Waals surface area contributed by atoms with Crippen LogP contribution >= 0.6 is 34.8 Å². The van der Waals surface area contributed by atoms with Gasteiger partial charge < -0.3 is 18.9 Å². The van der Waals surface area contributed by atoms with Crippen LogP contribution in [-0.2, 0) is 23.7 Å². The third-order valence-corrected chi connectivity index (χ3v) is 5.20. The van der Waals surface area contributed by atoms with Crippen LogP contribution < -0.4 is 0 Å². The highest BCUT2D eigenvalue weighted by atomic mass is 35.6. The number of allylic oxidation sites excluding steroid dienone is 1. The number of hydrogen-bond acceptors (Lipinski definition) is 5. The zero-order valence-corrected chi connectivity index (χ0v) is 17.9. The van der Waals surface area contributed by atoms with E-state index in [1.54, 1.807) is 0 Å². The van der Waals surface area contributed by atoms with Crippen molar-refractivity contribution in [2.45, 2.75) is 56.9 Å². The highest BCUT2D eigenvalue weighted by molar-refractivity contribution is 6.77. The Morgan fingerprint density at radius 2 is 1.88 bits per heavy atom. The van der Waals surface area contributed by atoms with E-state index in [1.165, 1.54) is 6.26 Å². The van der Waals surface area contributed by atoms with Gasteiger partial charge in [0.2, 0.25) is 12.1 Å². The average molecular weight is 430 g/mol. The number of carbonyl (C=O) groups excluding carboxylic acids is 1. The molecule has 2 aliphatic rings. The van der Waals surface area contributed by atoms with Gasteiger partial charge in [0, 0.05) is 35.9 Å². The van der Waals surface area contributed by atoms with Gasteiger partial charge >= 0.3 is 0 Å². The number of hydrogen-bond donors (Lipinski definition) is 0. The average Bonchev–Trinajstić information content (AvgIpc) is 2.56. The Labute approximate surface area is 170 Å². The SMILES string of the molecule is CCO[C@@H]1OC=C(C(=O)C(Cl)(Cl)Cl)[C@H](CC2OCC(C)(C)CO2)[C@@H]1CC. The van der Waals surface area contributed by atoms with Crippen molar-refractivity contribution in [3.8, 4) is 0 Å². The Kier molecular flexibility index (Phi) is 7.68. The van der Waals surface area contributed by atoms with E-state index < -0.39 is 22.2 Å². The molecule has 0 aromatic heterocycles. The molecule has 0 spiro atoms. The van der Waals surface area contributed by atoms with Crippen LogP contribution in [-0.4, -0.2) is 42.0 Å². The molecule has 0 radical (unpaired) electrons. The smallest absolute Gasteiger partial charge is 0.253 e.